The van der Waals surface area contributed by atoms with E-state index in [4.69, 9.17) is 9.47 Å². The number of anilines is 1. The fourth-order valence-electron chi connectivity index (χ4n) is 3.04. The summed E-state index contributed by atoms with van der Waals surface area (Å²) in [5.74, 6) is 0.559. The Kier molecular flexibility index (Phi) is 8.32. The number of nitriles is 1. The molecule has 5 nitrogen and oxygen atoms in total. The van der Waals surface area contributed by atoms with E-state index in [2.05, 4.69) is 37.2 Å². The first kappa shape index (κ1) is 24.6. The second kappa shape index (κ2) is 11.2. The van der Waals surface area contributed by atoms with Crippen LogP contribution in [0.2, 0.25) is 0 Å². The maximum Gasteiger partial charge on any atom is 0.266 e. The van der Waals surface area contributed by atoms with Gasteiger partial charge in [0.15, 0.2) is 11.5 Å². The second-order valence-electron chi connectivity index (χ2n) is 7.38. The number of nitrogens with zero attached hydrogens (tertiary/aromatic N) is 1. The van der Waals surface area contributed by atoms with E-state index in [1.807, 2.05) is 62.4 Å². The van der Waals surface area contributed by atoms with Crippen LogP contribution in [0.15, 0.2) is 69.1 Å². The van der Waals surface area contributed by atoms with Crippen molar-refractivity contribution in [1.29, 1.82) is 5.26 Å². The molecule has 0 unspecified atom stereocenters. The Morgan fingerprint density at radius 1 is 1.06 bits per heavy atom. The van der Waals surface area contributed by atoms with Crippen molar-refractivity contribution < 1.29 is 14.3 Å². The first-order valence-corrected chi connectivity index (χ1v) is 11.6. The van der Waals surface area contributed by atoms with Crippen molar-refractivity contribution >= 4 is 49.5 Å². The monoisotopic (exact) mass is 568 g/mol. The second-order valence-corrected chi connectivity index (χ2v) is 9.15. The number of carbonyl (C=O) groups is 1. The van der Waals surface area contributed by atoms with Gasteiger partial charge in [0.2, 0.25) is 0 Å². The number of hydrogen-bond donors (Lipinski definition) is 1. The van der Waals surface area contributed by atoms with E-state index in [0.717, 1.165) is 21.2 Å². The van der Waals surface area contributed by atoms with Gasteiger partial charge in [-0.05, 0) is 72.5 Å². The fourth-order valence-corrected chi connectivity index (χ4v) is 3.74. The van der Waals surface area contributed by atoms with Crippen LogP contribution in [0.1, 0.15) is 22.3 Å². The molecule has 0 spiro atoms. The highest BCUT2D eigenvalue weighted by molar-refractivity contribution is 9.10. The highest BCUT2D eigenvalue weighted by Gasteiger charge is 2.15. The molecule has 1 amide bonds. The van der Waals surface area contributed by atoms with Crippen LogP contribution in [0.3, 0.4) is 0 Å². The van der Waals surface area contributed by atoms with Gasteiger partial charge < -0.3 is 14.8 Å². The summed E-state index contributed by atoms with van der Waals surface area (Å²) in [4.78, 5) is 12.8. The van der Waals surface area contributed by atoms with E-state index < -0.39 is 5.91 Å². The Morgan fingerprint density at radius 2 is 1.79 bits per heavy atom. The molecule has 3 aromatic rings. The van der Waals surface area contributed by atoms with E-state index in [-0.39, 0.29) is 5.57 Å². The molecule has 0 bridgehead atoms. The molecule has 33 heavy (non-hydrogen) atoms. The number of rotatable bonds is 7. The first-order valence-electron chi connectivity index (χ1n) is 10.1. The van der Waals surface area contributed by atoms with E-state index in [1.165, 1.54) is 6.08 Å². The predicted octanol–water partition coefficient (Wildman–Crippen LogP) is 6.96. The summed E-state index contributed by atoms with van der Waals surface area (Å²) in [6.45, 7) is 4.21. The lowest BCUT2D eigenvalue weighted by molar-refractivity contribution is -0.112. The van der Waals surface area contributed by atoms with Gasteiger partial charge in [-0.15, -0.1) is 0 Å². The van der Waals surface area contributed by atoms with E-state index in [0.29, 0.717) is 33.8 Å². The number of ether oxygens (including phenoxy) is 2. The summed E-state index contributed by atoms with van der Waals surface area (Å²) in [6.07, 6.45) is 1.52. The lowest BCUT2D eigenvalue weighted by atomic mass is 10.1. The minimum absolute atomic E-state index is 0.0257. The van der Waals surface area contributed by atoms with Gasteiger partial charge in [-0.25, -0.2) is 0 Å². The third kappa shape index (κ3) is 6.47. The van der Waals surface area contributed by atoms with Crippen molar-refractivity contribution in [2.75, 3.05) is 12.4 Å². The Labute approximate surface area is 210 Å². The molecule has 0 saturated heterocycles. The van der Waals surface area contributed by atoms with Crippen LogP contribution in [0.5, 0.6) is 11.5 Å². The SMILES string of the molecule is COc1cc(/C=C(\C#N)C(=O)Nc2cc(C)ccc2C)c(Br)cc1OCc1ccc(Br)cc1. The molecule has 3 aromatic carbocycles. The fraction of sp³-hybridized carbons (Fsp3) is 0.154. The number of nitrogens with one attached hydrogen (secondary N) is 1. The smallest absolute Gasteiger partial charge is 0.266 e. The molecule has 0 aliphatic carbocycles. The highest BCUT2D eigenvalue weighted by atomic mass is 79.9. The molecule has 0 radical (unpaired) electrons. The van der Waals surface area contributed by atoms with Gasteiger partial charge in [0.1, 0.15) is 18.2 Å². The van der Waals surface area contributed by atoms with E-state index >= 15 is 0 Å². The van der Waals surface area contributed by atoms with Crippen molar-refractivity contribution in [2.24, 2.45) is 0 Å². The summed E-state index contributed by atoms with van der Waals surface area (Å²) in [5.41, 5.74) is 4.22. The van der Waals surface area contributed by atoms with E-state index in [9.17, 15) is 10.1 Å². The zero-order chi connectivity index (χ0) is 24.0. The Bertz CT molecular complexity index is 1250. The van der Waals surface area contributed by atoms with Crippen molar-refractivity contribution in [3.8, 4) is 17.6 Å². The number of hydrogen-bond acceptors (Lipinski definition) is 4. The first-order chi connectivity index (χ1) is 15.8. The van der Waals surface area contributed by atoms with Gasteiger partial charge in [-0.2, -0.15) is 5.26 Å². The molecule has 0 saturated carbocycles. The number of amides is 1. The van der Waals surface area contributed by atoms with Gasteiger partial charge in [0.05, 0.1) is 7.11 Å². The van der Waals surface area contributed by atoms with Crippen LogP contribution in [0.4, 0.5) is 5.69 Å². The summed E-state index contributed by atoms with van der Waals surface area (Å²) in [5, 5.41) is 12.4. The van der Waals surface area contributed by atoms with Crippen molar-refractivity contribution in [2.45, 2.75) is 20.5 Å². The highest BCUT2D eigenvalue weighted by Crippen LogP contribution is 2.35. The molecular weight excluding hydrogens is 548 g/mol. The lowest BCUT2D eigenvalue weighted by Gasteiger charge is -2.13. The summed E-state index contributed by atoms with van der Waals surface area (Å²) >= 11 is 6.93. The van der Waals surface area contributed by atoms with Crippen LogP contribution in [0, 0.1) is 25.2 Å². The molecule has 168 valence electrons. The quantitative estimate of drug-likeness (QED) is 0.246. The topological polar surface area (TPSA) is 71.3 Å². The molecular formula is C26H22Br2N2O3. The standard InChI is InChI=1S/C26H22Br2N2O3/c1-16-4-5-17(2)23(10-16)30-26(31)20(14-29)11-19-12-24(32-3)25(13-22(19)28)33-15-18-6-8-21(27)9-7-18/h4-13H,15H2,1-3H3,(H,30,31)/b20-11+. The van der Waals surface area contributed by atoms with Crippen molar-refractivity contribution in [1.82, 2.24) is 0 Å². The molecule has 0 aromatic heterocycles. The Hall–Kier alpha value is -3.08. The van der Waals surface area contributed by atoms with Gasteiger partial charge in [-0.1, -0.05) is 56.1 Å². The third-order valence-electron chi connectivity index (χ3n) is 4.90. The van der Waals surface area contributed by atoms with Gasteiger partial charge in [0.25, 0.3) is 5.91 Å². The Morgan fingerprint density at radius 3 is 2.45 bits per heavy atom. The molecule has 0 atom stereocenters. The zero-order valence-electron chi connectivity index (χ0n) is 18.4. The van der Waals surface area contributed by atoms with Gasteiger partial charge in [-0.3, -0.25) is 4.79 Å². The summed E-state index contributed by atoms with van der Waals surface area (Å²) in [7, 11) is 1.54. The van der Waals surface area contributed by atoms with Crippen LogP contribution in [-0.4, -0.2) is 13.0 Å². The maximum atomic E-state index is 12.8. The van der Waals surface area contributed by atoms with Crippen LogP contribution in [-0.2, 0) is 11.4 Å². The zero-order valence-corrected chi connectivity index (χ0v) is 21.6. The number of aryl methyl sites for hydroxylation is 2. The minimum Gasteiger partial charge on any atom is -0.493 e. The van der Waals surface area contributed by atoms with Crippen LogP contribution in [0.25, 0.3) is 6.08 Å². The largest absolute Gasteiger partial charge is 0.493 e. The molecule has 1 N–H and O–H groups in total. The van der Waals surface area contributed by atoms with Gasteiger partial charge >= 0.3 is 0 Å². The average molecular weight is 570 g/mol. The summed E-state index contributed by atoms with van der Waals surface area (Å²) < 4.78 is 13.1. The lowest BCUT2D eigenvalue weighted by Crippen LogP contribution is -2.14. The number of carbonyl (C=O) groups excluding carboxylic acids is 1. The van der Waals surface area contributed by atoms with Crippen molar-refractivity contribution in [3.63, 3.8) is 0 Å². The number of benzene rings is 3. The normalized spacial score (nSPS) is 11.0. The third-order valence-corrected chi connectivity index (χ3v) is 6.11. The van der Waals surface area contributed by atoms with Crippen molar-refractivity contribution in [3.05, 3.63) is 91.4 Å². The molecule has 3 rings (SSSR count). The average Bonchev–Trinajstić information content (AvgIpc) is 2.80. The Balaban J connectivity index is 1.83. The van der Waals surface area contributed by atoms with Crippen LogP contribution >= 0.6 is 31.9 Å². The minimum atomic E-state index is -0.479. The molecule has 0 aliphatic rings. The molecule has 7 heteroatoms. The molecule has 0 heterocycles. The molecule has 0 aliphatic heterocycles. The predicted molar refractivity (Wildman–Crippen MR) is 137 cm³/mol. The van der Waals surface area contributed by atoms with Gasteiger partial charge in [0, 0.05) is 14.6 Å². The van der Waals surface area contributed by atoms with E-state index in [1.54, 1.807) is 19.2 Å². The summed E-state index contributed by atoms with van der Waals surface area (Å²) in [6, 6.07) is 19.1. The molecule has 0 fully saturated rings. The van der Waals surface area contributed by atoms with Crippen LogP contribution < -0.4 is 14.8 Å². The maximum absolute atomic E-state index is 12.8. The number of halogens is 2. The number of methoxy groups -OCH3 is 1.